The maximum absolute atomic E-state index is 11.0. The van der Waals surface area contributed by atoms with Gasteiger partial charge in [0.15, 0.2) is 15.8 Å². The molecule has 0 spiro atoms. The second-order valence-corrected chi connectivity index (χ2v) is 3.52. The number of amidine groups is 1. The molecule has 48 valence electrons. The number of fused-ring (bicyclic) bond motifs is 2. The van der Waals surface area contributed by atoms with E-state index in [0.717, 1.165) is 0 Å². The van der Waals surface area contributed by atoms with Crippen LogP contribution in [0.2, 0.25) is 0 Å². The van der Waals surface area contributed by atoms with Gasteiger partial charge in [0, 0.05) is 0 Å². The summed E-state index contributed by atoms with van der Waals surface area (Å²) in [6.07, 6.45) is 0. The molecule has 0 aromatic carbocycles. The molecule has 2 heterocycles. The lowest BCUT2D eigenvalue weighted by molar-refractivity contribution is 0.677. The Balaban J connectivity index is 2.67. The molecule has 1 N–H and O–H groups in total. The van der Waals surface area contributed by atoms with E-state index in [-0.39, 0.29) is 5.75 Å². The molecule has 1 unspecified atom stereocenters. The summed E-state index contributed by atoms with van der Waals surface area (Å²) in [5, 5.41) is 6.78. The highest BCUT2D eigenvalue weighted by molar-refractivity contribution is 7.93. The van der Waals surface area contributed by atoms with Gasteiger partial charge in [0.25, 0.3) is 0 Å². The first-order chi connectivity index (χ1) is 4.29. The molecular formula is C2H3N5OS. The van der Waals surface area contributed by atoms with Gasteiger partial charge in [0.1, 0.15) is 5.75 Å². The van der Waals surface area contributed by atoms with Gasteiger partial charge in [-0.3, -0.25) is 5.43 Å². The highest BCUT2D eigenvalue weighted by Gasteiger charge is 2.22. The summed E-state index contributed by atoms with van der Waals surface area (Å²) in [5.41, 5.74) is 2.47. The van der Waals surface area contributed by atoms with Crippen molar-refractivity contribution in [3.05, 3.63) is 0 Å². The van der Waals surface area contributed by atoms with E-state index < -0.39 is 9.92 Å². The Bertz CT molecular complexity index is 307. The highest BCUT2D eigenvalue weighted by Crippen LogP contribution is 2.09. The van der Waals surface area contributed by atoms with Gasteiger partial charge in [-0.2, -0.15) is 0 Å². The summed E-state index contributed by atoms with van der Waals surface area (Å²) in [6.45, 7) is 0. The van der Waals surface area contributed by atoms with Crippen LogP contribution in [-0.4, -0.2) is 15.8 Å². The van der Waals surface area contributed by atoms with Crippen LogP contribution in [0.1, 0.15) is 0 Å². The van der Waals surface area contributed by atoms with Gasteiger partial charge in [0.2, 0.25) is 0 Å². The Labute approximate surface area is 51.3 Å². The number of nitrogens with zero attached hydrogens (tertiary/aromatic N) is 4. The lowest BCUT2D eigenvalue weighted by Gasteiger charge is -1.93. The lowest BCUT2D eigenvalue weighted by Crippen LogP contribution is -2.16. The molecule has 0 amide bonds. The second kappa shape index (κ2) is 1.29. The van der Waals surface area contributed by atoms with E-state index in [1.807, 2.05) is 0 Å². The number of hydrogen-bond acceptors (Lipinski definition) is 5. The van der Waals surface area contributed by atoms with Crippen molar-refractivity contribution < 1.29 is 4.21 Å². The zero-order valence-electron chi connectivity index (χ0n) is 4.31. The van der Waals surface area contributed by atoms with E-state index in [1.165, 1.54) is 0 Å². The summed E-state index contributed by atoms with van der Waals surface area (Å²) >= 11 is 0. The number of hydrogen-bond donors (Lipinski definition) is 1. The van der Waals surface area contributed by atoms with E-state index in [2.05, 4.69) is 24.7 Å². The third-order valence-corrected chi connectivity index (χ3v) is 2.33. The molecule has 0 saturated carbocycles. The molecule has 9 heavy (non-hydrogen) atoms. The van der Waals surface area contributed by atoms with E-state index in [4.69, 9.17) is 0 Å². The van der Waals surface area contributed by atoms with E-state index in [1.54, 1.807) is 0 Å². The molecule has 0 fully saturated rings. The van der Waals surface area contributed by atoms with Crippen LogP contribution in [0.4, 0.5) is 0 Å². The fourth-order valence-corrected chi connectivity index (χ4v) is 1.63. The minimum atomic E-state index is -2.41. The standard InChI is InChI=1S/C2H3N5OS/c8-9-1-2(4-6-9)3-5-7-9/h1H2,(H,3,4,6,7,8). The minimum absolute atomic E-state index is 0.288. The fraction of sp³-hybridized carbons (Fsp3) is 0.500. The Hall–Kier alpha value is -0.980. The molecule has 2 aliphatic rings. The van der Waals surface area contributed by atoms with Crippen molar-refractivity contribution in [2.75, 3.05) is 5.75 Å². The normalized spacial score (nSPS) is 37.1. The van der Waals surface area contributed by atoms with Gasteiger partial charge in [-0.15, -0.1) is 5.10 Å². The summed E-state index contributed by atoms with van der Waals surface area (Å²) in [6, 6.07) is 0. The zero-order valence-corrected chi connectivity index (χ0v) is 5.13. The van der Waals surface area contributed by atoms with Gasteiger partial charge in [-0.1, -0.05) is 8.99 Å². The monoisotopic (exact) mass is 145 g/mol. The maximum Gasteiger partial charge on any atom is 0.197 e. The highest BCUT2D eigenvalue weighted by atomic mass is 32.2. The predicted molar refractivity (Wildman–Crippen MR) is 30.9 cm³/mol. The third-order valence-electron chi connectivity index (χ3n) is 0.972. The van der Waals surface area contributed by atoms with Crippen LogP contribution in [0, 0.1) is 0 Å². The van der Waals surface area contributed by atoms with Crippen LogP contribution in [0.3, 0.4) is 0 Å². The Morgan fingerprint density at radius 2 is 2.56 bits per heavy atom. The molecule has 1 atom stereocenters. The molecule has 2 aliphatic heterocycles. The second-order valence-electron chi connectivity index (χ2n) is 1.67. The maximum atomic E-state index is 11.0. The first-order valence-electron chi connectivity index (χ1n) is 2.27. The summed E-state index contributed by atoms with van der Waals surface area (Å²) in [5.74, 6) is 0.825. The van der Waals surface area contributed by atoms with Crippen molar-refractivity contribution in [1.29, 1.82) is 0 Å². The predicted octanol–water partition coefficient (Wildman–Crippen LogP) is -0.333. The smallest absolute Gasteiger partial charge is 0.197 e. The van der Waals surface area contributed by atoms with Crippen molar-refractivity contribution in [2.45, 2.75) is 0 Å². The Morgan fingerprint density at radius 3 is 3.22 bits per heavy atom. The Kier molecular flexibility index (Phi) is 0.699. The number of nitrogens with one attached hydrogen (secondary N) is 1. The van der Waals surface area contributed by atoms with Crippen LogP contribution in [0.25, 0.3) is 0 Å². The van der Waals surface area contributed by atoms with Gasteiger partial charge in [-0.05, 0) is 5.22 Å². The summed E-state index contributed by atoms with van der Waals surface area (Å²) in [4.78, 5) is 0. The van der Waals surface area contributed by atoms with Crippen molar-refractivity contribution in [3.8, 4) is 0 Å². The SMILES string of the molecule is O=S12=NNC(=NN=N1)C2. The minimum Gasteiger partial charge on any atom is -0.252 e. The first-order valence-corrected chi connectivity index (χ1v) is 3.91. The summed E-state index contributed by atoms with van der Waals surface area (Å²) in [7, 11) is -2.41. The quantitative estimate of drug-likeness (QED) is 0.506. The number of rotatable bonds is 0. The van der Waals surface area contributed by atoms with Crippen molar-refractivity contribution in [3.63, 3.8) is 0 Å². The molecule has 0 aromatic rings. The molecule has 0 radical (unpaired) electrons. The average molecular weight is 145 g/mol. The van der Waals surface area contributed by atoms with Gasteiger partial charge >= 0.3 is 0 Å². The molecule has 2 bridgehead atoms. The summed E-state index contributed by atoms with van der Waals surface area (Å²) < 4.78 is 17.9. The topological polar surface area (TPSA) is 78.5 Å². The molecule has 7 heteroatoms. The van der Waals surface area contributed by atoms with E-state index in [0.29, 0.717) is 5.84 Å². The molecule has 0 aliphatic carbocycles. The largest absolute Gasteiger partial charge is 0.252 e. The van der Waals surface area contributed by atoms with Gasteiger partial charge in [-0.25, -0.2) is 4.21 Å². The van der Waals surface area contributed by atoms with Crippen LogP contribution < -0.4 is 5.43 Å². The van der Waals surface area contributed by atoms with Crippen molar-refractivity contribution in [1.82, 2.24) is 5.43 Å². The van der Waals surface area contributed by atoms with Gasteiger partial charge in [0.05, 0.1) is 0 Å². The molecule has 0 saturated heterocycles. The molecule has 2 rings (SSSR count). The van der Waals surface area contributed by atoms with Crippen LogP contribution in [0.5, 0.6) is 0 Å². The van der Waals surface area contributed by atoms with Crippen LogP contribution >= 0.6 is 0 Å². The molecular weight excluding hydrogens is 142 g/mol. The van der Waals surface area contributed by atoms with Crippen LogP contribution in [0.15, 0.2) is 19.3 Å². The zero-order chi connectivity index (χ0) is 6.32. The Morgan fingerprint density at radius 1 is 1.67 bits per heavy atom. The van der Waals surface area contributed by atoms with E-state index in [9.17, 15) is 4.21 Å². The van der Waals surface area contributed by atoms with Crippen molar-refractivity contribution >= 4 is 15.8 Å². The van der Waals surface area contributed by atoms with E-state index >= 15 is 0 Å². The average Bonchev–Trinajstić information content (AvgIpc) is 2.07. The third kappa shape index (κ3) is 0.611. The molecule has 0 aromatic heterocycles. The van der Waals surface area contributed by atoms with Gasteiger partial charge < -0.3 is 0 Å². The lowest BCUT2D eigenvalue weighted by atomic mass is 10.7. The van der Waals surface area contributed by atoms with Crippen LogP contribution in [-0.2, 0) is 9.92 Å². The van der Waals surface area contributed by atoms with Crippen molar-refractivity contribution in [2.24, 2.45) is 19.3 Å². The first kappa shape index (κ1) is 4.86. The fourth-order valence-electron chi connectivity index (χ4n) is 0.594. The molecule has 6 nitrogen and oxygen atoms in total.